The number of rotatable bonds is 3. The van der Waals surface area contributed by atoms with Gasteiger partial charge in [-0.25, -0.2) is 0 Å². The van der Waals surface area contributed by atoms with Crippen molar-refractivity contribution in [3.05, 3.63) is 35.9 Å². The van der Waals surface area contributed by atoms with Gasteiger partial charge in [0.2, 0.25) is 5.91 Å². The van der Waals surface area contributed by atoms with Crippen molar-refractivity contribution >= 4 is 5.91 Å². The molecule has 1 aromatic carbocycles. The van der Waals surface area contributed by atoms with Crippen LogP contribution in [0.3, 0.4) is 0 Å². The topological polar surface area (TPSA) is 46.3 Å². The van der Waals surface area contributed by atoms with Gasteiger partial charge in [0.15, 0.2) is 0 Å². The number of likely N-dealkylation sites (tertiary alicyclic amines) is 1. The summed E-state index contributed by atoms with van der Waals surface area (Å²) < 4.78 is 0. The van der Waals surface area contributed by atoms with Crippen LogP contribution in [0.5, 0.6) is 0 Å². The second kappa shape index (κ2) is 4.88. The maximum Gasteiger partial charge on any atom is 0.240 e. The van der Waals surface area contributed by atoms with Crippen LogP contribution < -0.4 is 5.73 Å². The molecule has 1 heterocycles. The van der Waals surface area contributed by atoms with Gasteiger partial charge in [-0.1, -0.05) is 44.2 Å². The van der Waals surface area contributed by atoms with Crippen LogP contribution in [-0.4, -0.2) is 23.4 Å². The minimum atomic E-state index is -0.334. The summed E-state index contributed by atoms with van der Waals surface area (Å²) in [6.45, 7) is 5.03. The molecule has 3 nitrogen and oxygen atoms in total. The molecule has 0 bridgehead atoms. The summed E-state index contributed by atoms with van der Waals surface area (Å²) in [6, 6.07) is 9.98. The highest BCUT2D eigenvalue weighted by Gasteiger charge is 2.37. The smallest absolute Gasteiger partial charge is 0.240 e. The van der Waals surface area contributed by atoms with Gasteiger partial charge in [-0.3, -0.25) is 4.79 Å². The lowest BCUT2D eigenvalue weighted by atomic mass is 10.0. The van der Waals surface area contributed by atoms with Crippen molar-refractivity contribution in [2.75, 3.05) is 6.54 Å². The summed E-state index contributed by atoms with van der Waals surface area (Å²) in [5.74, 6) is 0.558. The molecule has 0 radical (unpaired) electrons. The van der Waals surface area contributed by atoms with Crippen LogP contribution in [0.25, 0.3) is 0 Å². The molecular formula is C14H20N2O. The van der Waals surface area contributed by atoms with Crippen molar-refractivity contribution in [1.82, 2.24) is 4.90 Å². The number of benzene rings is 1. The number of nitrogens with two attached hydrogens (primary N) is 1. The quantitative estimate of drug-likeness (QED) is 0.865. The molecule has 1 aliphatic heterocycles. The lowest BCUT2D eigenvalue weighted by molar-refractivity contribution is -0.130. The zero-order valence-electron chi connectivity index (χ0n) is 10.5. The molecule has 1 aromatic rings. The predicted molar refractivity (Wildman–Crippen MR) is 68.3 cm³/mol. The highest BCUT2D eigenvalue weighted by Crippen LogP contribution is 2.32. The zero-order chi connectivity index (χ0) is 12.4. The van der Waals surface area contributed by atoms with Gasteiger partial charge < -0.3 is 10.6 Å². The van der Waals surface area contributed by atoms with Crippen LogP contribution in [0.1, 0.15) is 31.9 Å². The Morgan fingerprint density at radius 2 is 2.00 bits per heavy atom. The molecule has 92 valence electrons. The maximum absolute atomic E-state index is 12.0. The van der Waals surface area contributed by atoms with Crippen molar-refractivity contribution in [3.8, 4) is 0 Å². The Labute approximate surface area is 103 Å². The molecular weight excluding hydrogens is 212 g/mol. The molecule has 2 N–H and O–H groups in total. The fraction of sp³-hybridized carbons (Fsp3) is 0.500. The van der Waals surface area contributed by atoms with Gasteiger partial charge in [0, 0.05) is 6.54 Å². The molecule has 3 heteroatoms. The van der Waals surface area contributed by atoms with Gasteiger partial charge in [0.25, 0.3) is 0 Å². The molecule has 1 aliphatic rings. The Morgan fingerprint density at radius 3 is 2.59 bits per heavy atom. The third-order valence-corrected chi connectivity index (χ3v) is 3.20. The Bertz CT molecular complexity index is 388. The van der Waals surface area contributed by atoms with Crippen molar-refractivity contribution < 1.29 is 4.79 Å². The highest BCUT2D eigenvalue weighted by atomic mass is 16.2. The largest absolute Gasteiger partial charge is 0.334 e. The molecule has 0 saturated carbocycles. The predicted octanol–water partition coefficient (Wildman–Crippen LogP) is 1.94. The Kier molecular flexibility index (Phi) is 3.48. The molecule has 2 atom stereocenters. The highest BCUT2D eigenvalue weighted by molar-refractivity contribution is 5.84. The number of hydrogen-bond donors (Lipinski definition) is 1. The van der Waals surface area contributed by atoms with Gasteiger partial charge in [-0.2, -0.15) is 0 Å². The average Bonchev–Trinajstić information content (AvgIpc) is 2.58. The molecule has 17 heavy (non-hydrogen) atoms. The standard InChI is InChI=1S/C14H20N2O/c1-10(2)9-16-13(8-12(15)14(16)17)11-6-4-3-5-7-11/h3-7,10,12-13H,8-9,15H2,1-2H3/t12-,13-/m0/s1. The van der Waals surface area contributed by atoms with Gasteiger partial charge in [0.1, 0.15) is 0 Å². The summed E-state index contributed by atoms with van der Waals surface area (Å²) in [4.78, 5) is 14.0. The van der Waals surface area contributed by atoms with E-state index in [1.54, 1.807) is 0 Å². The third-order valence-electron chi connectivity index (χ3n) is 3.20. The molecule has 0 aromatic heterocycles. The second-order valence-electron chi connectivity index (χ2n) is 5.15. The lowest BCUT2D eigenvalue weighted by Gasteiger charge is -2.26. The van der Waals surface area contributed by atoms with Gasteiger partial charge in [-0.15, -0.1) is 0 Å². The average molecular weight is 232 g/mol. The lowest BCUT2D eigenvalue weighted by Crippen LogP contribution is -2.36. The van der Waals surface area contributed by atoms with E-state index in [1.807, 2.05) is 23.1 Å². The van der Waals surface area contributed by atoms with Crippen molar-refractivity contribution in [2.45, 2.75) is 32.4 Å². The Balaban J connectivity index is 2.23. The summed E-state index contributed by atoms with van der Waals surface area (Å²) in [6.07, 6.45) is 0.732. The van der Waals surface area contributed by atoms with Crippen LogP contribution in [0.15, 0.2) is 30.3 Å². The Morgan fingerprint density at radius 1 is 1.35 bits per heavy atom. The number of amides is 1. The first kappa shape index (κ1) is 12.1. The Hall–Kier alpha value is -1.35. The molecule has 1 amide bonds. The summed E-state index contributed by atoms with van der Waals surface area (Å²) in [7, 11) is 0. The van der Waals surface area contributed by atoms with Gasteiger partial charge in [0.05, 0.1) is 12.1 Å². The minimum Gasteiger partial charge on any atom is -0.334 e. The summed E-state index contributed by atoms with van der Waals surface area (Å²) in [5, 5.41) is 0. The van der Waals surface area contributed by atoms with Crippen molar-refractivity contribution in [1.29, 1.82) is 0 Å². The molecule has 2 rings (SSSR count). The first-order valence-corrected chi connectivity index (χ1v) is 6.20. The molecule has 0 aliphatic carbocycles. The fourth-order valence-electron chi connectivity index (χ4n) is 2.44. The van der Waals surface area contributed by atoms with E-state index in [0.717, 1.165) is 13.0 Å². The normalized spacial score (nSPS) is 24.7. The van der Waals surface area contributed by atoms with Crippen LogP contribution in [0.2, 0.25) is 0 Å². The zero-order valence-corrected chi connectivity index (χ0v) is 10.5. The first-order valence-electron chi connectivity index (χ1n) is 6.20. The van der Waals surface area contributed by atoms with Gasteiger partial charge in [-0.05, 0) is 17.9 Å². The van der Waals surface area contributed by atoms with E-state index in [0.29, 0.717) is 5.92 Å². The van der Waals surface area contributed by atoms with E-state index < -0.39 is 0 Å². The van der Waals surface area contributed by atoms with Crippen LogP contribution in [0.4, 0.5) is 0 Å². The van der Waals surface area contributed by atoms with E-state index in [1.165, 1.54) is 5.56 Å². The maximum atomic E-state index is 12.0. The van der Waals surface area contributed by atoms with E-state index in [-0.39, 0.29) is 18.0 Å². The number of hydrogen-bond acceptors (Lipinski definition) is 2. The second-order valence-corrected chi connectivity index (χ2v) is 5.15. The van der Waals surface area contributed by atoms with E-state index in [4.69, 9.17) is 5.73 Å². The van der Waals surface area contributed by atoms with Crippen molar-refractivity contribution in [3.63, 3.8) is 0 Å². The van der Waals surface area contributed by atoms with E-state index >= 15 is 0 Å². The van der Waals surface area contributed by atoms with E-state index in [2.05, 4.69) is 26.0 Å². The summed E-state index contributed by atoms with van der Waals surface area (Å²) >= 11 is 0. The fourth-order valence-corrected chi connectivity index (χ4v) is 2.44. The summed E-state index contributed by atoms with van der Waals surface area (Å²) in [5.41, 5.74) is 7.07. The molecule has 0 unspecified atom stereocenters. The SMILES string of the molecule is CC(C)CN1C(=O)[C@@H](N)C[C@H]1c1ccccc1. The number of nitrogens with zero attached hydrogens (tertiary/aromatic N) is 1. The third kappa shape index (κ3) is 2.50. The molecule has 1 saturated heterocycles. The first-order chi connectivity index (χ1) is 8.09. The minimum absolute atomic E-state index is 0.0903. The van der Waals surface area contributed by atoms with Gasteiger partial charge >= 0.3 is 0 Å². The van der Waals surface area contributed by atoms with Crippen LogP contribution in [0, 0.1) is 5.92 Å². The van der Waals surface area contributed by atoms with E-state index in [9.17, 15) is 4.79 Å². The molecule has 0 spiro atoms. The van der Waals surface area contributed by atoms with Crippen LogP contribution in [-0.2, 0) is 4.79 Å². The van der Waals surface area contributed by atoms with Crippen molar-refractivity contribution in [2.24, 2.45) is 11.7 Å². The number of carbonyl (C=O) groups is 1. The monoisotopic (exact) mass is 232 g/mol. The molecule has 1 fully saturated rings. The van der Waals surface area contributed by atoms with Crippen LogP contribution >= 0.6 is 0 Å². The number of carbonyl (C=O) groups excluding carboxylic acids is 1.